The zero-order chi connectivity index (χ0) is 10.9. The highest BCUT2D eigenvalue weighted by Crippen LogP contribution is 2.30. The molecule has 1 atom stereocenters. The molecule has 1 N–H and O–H groups in total. The molecule has 15 heavy (non-hydrogen) atoms. The van der Waals surface area contributed by atoms with Crippen molar-refractivity contribution >= 4 is 22.9 Å². The van der Waals surface area contributed by atoms with Crippen molar-refractivity contribution in [3.8, 4) is 0 Å². The van der Waals surface area contributed by atoms with Crippen molar-refractivity contribution in [3.05, 3.63) is 57.2 Å². The first kappa shape index (κ1) is 10.7. The van der Waals surface area contributed by atoms with E-state index in [1.165, 1.54) is 0 Å². The Hall–Kier alpha value is -0.830. The van der Waals surface area contributed by atoms with Crippen LogP contribution in [0.5, 0.6) is 0 Å². The predicted molar refractivity (Wildman–Crippen MR) is 64.4 cm³/mol. The molecule has 1 nitrogen and oxygen atoms in total. The Morgan fingerprint density at radius 2 is 1.80 bits per heavy atom. The van der Waals surface area contributed by atoms with Crippen LogP contribution in [-0.4, -0.2) is 5.11 Å². The van der Waals surface area contributed by atoms with Crippen LogP contribution in [0.1, 0.15) is 18.1 Å². The van der Waals surface area contributed by atoms with Gasteiger partial charge in [-0.05, 0) is 47.0 Å². The van der Waals surface area contributed by atoms with Crippen LogP contribution in [0.2, 0.25) is 5.02 Å². The summed E-state index contributed by atoms with van der Waals surface area (Å²) in [5, 5.41) is 15.0. The number of rotatable bonds is 2. The second-order valence-electron chi connectivity index (χ2n) is 3.59. The maximum Gasteiger partial charge on any atom is 0.113 e. The molecule has 0 aliphatic rings. The van der Waals surface area contributed by atoms with Gasteiger partial charge >= 0.3 is 0 Å². The quantitative estimate of drug-likeness (QED) is 0.847. The highest BCUT2D eigenvalue weighted by molar-refractivity contribution is 7.08. The van der Waals surface area contributed by atoms with Crippen molar-refractivity contribution in [3.63, 3.8) is 0 Å². The van der Waals surface area contributed by atoms with Crippen LogP contribution >= 0.6 is 22.9 Å². The molecular weight excluding hydrogens is 228 g/mol. The molecule has 78 valence electrons. The van der Waals surface area contributed by atoms with E-state index in [2.05, 4.69) is 0 Å². The molecular formula is C12H11ClOS. The van der Waals surface area contributed by atoms with Crippen molar-refractivity contribution < 1.29 is 5.11 Å². The van der Waals surface area contributed by atoms with Crippen molar-refractivity contribution in [1.82, 2.24) is 0 Å². The van der Waals surface area contributed by atoms with E-state index in [1.807, 2.05) is 29.0 Å². The molecule has 2 aromatic rings. The summed E-state index contributed by atoms with van der Waals surface area (Å²) in [7, 11) is 0. The summed E-state index contributed by atoms with van der Waals surface area (Å²) in [6.45, 7) is 1.79. The molecule has 0 aliphatic heterocycles. The molecule has 0 saturated carbocycles. The van der Waals surface area contributed by atoms with Crippen LogP contribution in [-0.2, 0) is 5.60 Å². The SMILES string of the molecule is CC(O)(c1ccc(Cl)cc1)c1ccsc1. The van der Waals surface area contributed by atoms with Crippen molar-refractivity contribution in [2.45, 2.75) is 12.5 Å². The Bertz CT molecular complexity index is 431. The van der Waals surface area contributed by atoms with Crippen molar-refractivity contribution in [2.24, 2.45) is 0 Å². The lowest BCUT2D eigenvalue weighted by molar-refractivity contribution is 0.103. The number of thiophene rings is 1. The minimum atomic E-state index is -0.940. The molecule has 0 amide bonds. The van der Waals surface area contributed by atoms with E-state index in [9.17, 15) is 5.11 Å². The Kier molecular flexibility index (Phi) is 2.83. The van der Waals surface area contributed by atoms with Gasteiger partial charge in [0.1, 0.15) is 5.60 Å². The topological polar surface area (TPSA) is 20.2 Å². The van der Waals surface area contributed by atoms with Crippen molar-refractivity contribution in [2.75, 3.05) is 0 Å². The van der Waals surface area contributed by atoms with E-state index in [4.69, 9.17) is 11.6 Å². The normalized spacial score (nSPS) is 14.9. The van der Waals surface area contributed by atoms with Gasteiger partial charge in [-0.15, -0.1) is 0 Å². The van der Waals surface area contributed by atoms with Crippen LogP contribution < -0.4 is 0 Å². The number of hydrogen-bond acceptors (Lipinski definition) is 2. The lowest BCUT2D eigenvalue weighted by Crippen LogP contribution is -2.21. The summed E-state index contributed by atoms with van der Waals surface area (Å²) in [6, 6.07) is 9.20. The van der Waals surface area contributed by atoms with E-state index in [0.29, 0.717) is 5.02 Å². The summed E-state index contributed by atoms with van der Waals surface area (Å²) < 4.78 is 0. The third-order valence-corrected chi connectivity index (χ3v) is 3.42. The van der Waals surface area contributed by atoms with Gasteiger partial charge in [-0.1, -0.05) is 23.7 Å². The molecule has 1 heterocycles. The molecule has 1 aromatic heterocycles. The van der Waals surface area contributed by atoms with Crippen LogP contribution in [0.4, 0.5) is 0 Å². The molecule has 0 spiro atoms. The summed E-state index contributed by atoms with van der Waals surface area (Å²) >= 11 is 7.39. The summed E-state index contributed by atoms with van der Waals surface area (Å²) in [6.07, 6.45) is 0. The Balaban J connectivity index is 2.41. The minimum absolute atomic E-state index is 0.680. The molecule has 3 heteroatoms. The number of benzene rings is 1. The monoisotopic (exact) mass is 238 g/mol. The van der Waals surface area contributed by atoms with E-state index in [-0.39, 0.29) is 0 Å². The second kappa shape index (κ2) is 3.97. The Morgan fingerprint density at radius 1 is 1.13 bits per heavy atom. The molecule has 0 radical (unpaired) electrons. The van der Waals surface area contributed by atoms with Gasteiger partial charge in [0.25, 0.3) is 0 Å². The maximum absolute atomic E-state index is 10.4. The molecule has 1 unspecified atom stereocenters. The van der Waals surface area contributed by atoms with Gasteiger partial charge in [0, 0.05) is 5.02 Å². The minimum Gasteiger partial charge on any atom is -0.381 e. The summed E-state index contributed by atoms with van der Waals surface area (Å²) in [5.74, 6) is 0. The van der Waals surface area contributed by atoms with E-state index < -0.39 is 5.60 Å². The fraction of sp³-hybridized carbons (Fsp3) is 0.167. The third-order valence-electron chi connectivity index (χ3n) is 2.49. The van der Waals surface area contributed by atoms with Crippen LogP contribution in [0, 0.1) is 0 Å². The molecule has 2 rings (SSSR count). The van der Waals surface area contributed by atoms with Crippen molar-refractivity contribution in [1.29, 1.82) is 0 Å². The zero-order valence-electron chi connectivity index (χ0n) is 8.27. The van der Waals surface area contributed by atoms with Gasteiger partial charge in [0.15, 0.2) is 0 Å². The van der Waals surface area contributed by atoms with E-state index in [1.54, 1.807) is 30.4 Å². The fourth-order valence-electron chi connectivity index (χ4n) is 1.48. The van der Waals surface area contributed by atoms with Gasteiger partial charge in [-0.3, -0.25) is 0 Å². The zero-order valence-corrected chi connectivity index (χ0v) is 9.85. The van der Waals surface area contributed by atoms with Gasteiger partial charge in [0.2, 0.25) is 0 Å². The molecule has 1 aromatic carbocycles. The number of hydrogen-bond donors (Lipinski definition) is 1. The lowest BCUT2D eigenvalue weighted by atomic mass is 9.90. The van der Waals surface area contributed by atoms with Crippen LogP contribution in [0.15, 0.2) is 41.1 Å². The van der Waals surface area contributed by atoms with Crippen LogP contribution in [0.25, 0.3) is 0 Å². The Labute approximate surface area is 98.0 Å². The van der Waals surface area contributed by atoms with Crippen LogP contribution in [0.3, 0.4) is 0 Å². The predicted octanol–water partition coefficient (Wildman–Crippen LogP) is 3.66. The smallest absolute Gasteiger partial charge is 0.113 e. The first-order valence-electron chi connectivity index (χ1n) is 4.62. The molecule has 0 saturated heterocycles. The average molecular weight is 239 g/mol. The highest BCUT2D eigenvalue weighted by Gasteiger charge is 2.25. The fourth-order valence-corrected chi connectivity index (χ4v) is 2.37. The lowest BCUT2D eigenvalue weighted by Gasteiger charge is -2.22. The van der Waals surface area contributed by atoms with E-state index >= 15 is 0 Å². The first-order chi connectivity index (χ1) is 7.10. The molecule has 0 bridgehead atoms. The maximum atomic E-state index is 10.4. The molecule has 0 fully saturated rings. The summed E-state index contributed by atoms with van der Waals surface area (Å²) in [4.78, 5) is 0. The van der Waals surface area contributed by atoms with Gasteiger partial charge in [0.05, 0.1) is 0 Å². The summed E-state index contributed by atoms with van der Waals surface area (Å²) in [5.41, 5.74) is 0.824. The van der Waals surface area contributed by atoms with Gasteiger partial charge in [-0.2, -0.15) is 11.3 Å². The average Bonchev–Trinajstić information content (AvgIpc) is 2.71. The van der Waals surface area contributed by atoms with Gasteiger partial charge < -0.3 is 5.11 Å². The highest BCUT2D eigenvalue weighted by atomic mass is 35.5. The number of aliphatic hydroxyl groups is 1. The largest absolute Gasteiger partial charge is 0.381 e. The van der Waals surface area contributed by atoms with Gasteiger partial charge in [-0.25, -0.2) is 0 Å². The number of halogens is 1. The third kappa shape index (κ3) is 2.07. The first-order valence-corrected chi connectivity index (χ1v) is 5.94. The van der Waals surface area contributed by atoms with E-state index in [0.717, 1.165) is 11.1 Å². The standard InChI is InChI=1S/C12H11ClOS/c1-12(14,10-6-7-15-8-10)9-2-4-11(13)5-3-9/h2-8,14H,1H3. The second-order valence-corrected chi connectivity index (χ2v) is 4.81. The molecule has 0 aliphatic carbocycles. The Morgan fingerprint density at radius 3 is 2.33 bits per heavy atom.